The van der Waals surface area contributed by atoms with Crippen molar-refractivity contribution in [1.82, 2.24) is 19.7 Å². The van der Waals surface area contributed by atoms with E-state index in [-0.39, 0.29) is 23.1 Å². The number of aromatic nitrogens is 4. The number of hydrogen-bond donors (Lipinski definition) is 2. The van der Waals surface area contributed by atoms with Crippen molar-refractivity contribution in [3.05, 3.63) is 36.0 Å². The SMILES string of the molecule is C[S+]([O-])[C@H]1C[C@H](Nc2nc(N3CCC(O)CC3)c3cnn(-c4cccc(C(F)(F)F)c4)c3n2)C1. The van der Waals surface area contributed by atoms with Gasteiger partial charge in [-0.2, -0.15) is 28.2 Å². The van der Waals surface area contributed by atoms with Gasteiger partial charge in [-0.1, -0.05) is 17.2 Å². The van der Waals surface area contributed by atoms with Crippen LogP contribution >= 0.6 is 0 Å². The number of nitrogens with zero attached hydrogens (tertiary/aromatic N) is 5. The van der Waals surface area contributed by atoms with Crippen LogP contribution in [0.25, 0.3) is 16.7 Å². The van der Waals surface area contributed by atoms with E-state index in [0.29, 0.717) is 48.7 Å². The first-order valence-corrected chi connectivity index (χ1v) is 12.8. The number of nitrogens with one attached hydrogen (secondary N) is 1. The number of rotatable bonds is 5. The Kier molecular flexibility index (Phi) is 6.07. The van der Waals surface area contributed by atoms with Crippen molar-refractivity contribution in [3.8, 4) is 5.69 Å². The van der Waals surface area contributed by atoms with E-state index >= 15 is 0 Å². The number of aliphatic hydroxyl groups is 1. The van der Waals surface area contributed by atoms with Crippen molar-refractivity contribution in [2.45, 2.75) is 49.3 Å². The van der Waals surface area contributed by atoms with Gasteiger partial charge in [0.2, 0.25) is 5.95 Å². The third-order valence-electron chi connectivity index (χ3n) is 6.49. The minimum atomic E-state index is -4.47. The molecular weight excluding hydrogens is 469 g/mol. The number of piperidine rings is 1. The van der Waals surface area contributed by atoms with Crippen molar-refractivity contribution in [3.63, 3.8) is 0 Å². The van der Waals surface area contributed by atoms with Crippen LogP contribution in [0.4, 0.5) is 24.9 Å². The Morgan fingerprint density at radius 3 is 2.59 bits per heavy atom. The molecule has 3 heterocycles. The summed E-state index contributed by atoms with van der Waals surface area (Å²) in [5, 5.41) is 18.3. The molecule has 2 fully saturated rings. The van der Waals surface area contributed by atoms with Crippen molar-refractivity contribution in [2.24, 2.45) is 0 Å². The Hall–Kier alpha value is -2.57. The maximum Gasteiger partial charge on any atom is 0.416 e. The van der Waals surface area contributed by atoms with E-state index in [2.05, 4.69) is 15.4 Å². The van der Waals surface area contributed by atoms with Gasteiger partial charge in [0.15, 0.2) is 5.65 Å². The lowest BCUT2D eigenvalue weighted by Gasteiger charge is -2.35. The number of fused-ring (bicyclic) bond motifs is 1. The molecule has 2 aromatic heterocycles. The summed E-state index contributed by atoms with van der Waals surface area (Å²) < 4.78 is 52.9. The number of alkyl halides is 3. The quantitative estimate of drug-likeness (QED) is 0.526. The van der Waals surface area contributed by atoms with Crippen LogP contribution in [0.3, 0.4) is 0 Å². The molecule has 1 unspecified atom stereocenters. The highest BCUT2D eigenvalue weighted by molar-refractivity contribution is 7.91. The maximum atomic E-state index is 13.3. The van der Waals surface area contributed by atoms with Crippen molar-refractivity contribution < 1.29 is 22.8 Å². The Labute approximate surface area is 197 Å². The number of halogens is 3. The maximum absolute atomic E-state index is 13.3. The van der Waals surface area contributed by atoms with Gasteiger partial charge < -0.3 is 19.9 Å². The molecule has 0 radical (unpaired) electrons. The Morgan fingerprint density at radius 1 is 1.18 bits per heavy atom. The number of hydrogen-bond acceptors (Lipinski definition) is 7. The van der Waals surface area contributed by atoms with Gasteiger partial charge in [0.05, 0.1) is 35.2 Å². The summed E-state index contributed by atoms with van der Waals surface area (Å²) in [4.78, 5) is 11.4. The zero-order valence-corrected chi connectivity index (χ0v) is 19.3. The van der Waals surface area contributed by atoms with E-state index in [1.807, 2.05) is 4.90 Å². The second-order valence-electron chi connectivity index (χ2n) is 8.86. The zero-order chi connectivity index (χ0) is 24.0. The second kappa shape index (κ2) is 8.90. The van der Waals surface area contributed by atoms with Gasteiger partial charge in [-0.05, 0) is 31.0 Å². The Bertz CT molecular complexity index is 1170. The fourth-order valence-corrected chi connectivity index (χ4v) is 5.42. The molecule has 1 saturated carbocycles. The lowest BCUT2D eigenvalue weighted by Crippen LogP contribution is -2.43. The normalized spacial score (nSPS) is 22.6. The lowest BCUT2D eigenvalue weighted by atomic mass is 9.92. The molecule has 1 atom stereocenters. The predicted octanol–water partition coefficient (Wildman–Crippen LogP) is 3.12. The summed E-state index contributed by atoms with van der Waals surface area (Å²) in [6.07, 6.45) is 1.11. The predicted molar refractivity (Wildman–Crippen MR) is 124 cm³/mol. The lowest BCUT2D eigenvalue weighted by molar-refractivity contribution is -0.137. The van der Waals surface area contributed by atoms with Crippen molar-refractivity contribution in [1.29, 1.82) is 0 Å². The molecular formula is C22H25F3N6O2S. The third kappa shape index (κ3) is 4.53. The highest BCUT2D eigenvalue weighted by Crippen LogP contribution is 2.34. The summed E-state index contributed by atoms with van der Waals surface area (Å²) in [7, 11) is 0. The fourth-order valence-electron chi connectivity index (χ4n) is 4.42. The van der Waals surface area contributed by atoms with Crippen LogP contribution < -0.4 is 10.2 Å². The largest absolute Gasteiger partial charge is 0.616 e. The number of benzene rings is 1. The Morgan fingerprint density at radius 2 is 1.91 bits per heavy atom. The van der Waals surface area contributed by atoms with Gasteiger partial charge in [0, 0.05) is 32.0 Å². The molecule has 0 spiro atoms. The molecule has 182 valence electrons. The van der Waals surface area contributed by atoms with Gasteiger partial charge in [-0.15, -0.1) is 0 Å². The molecule has 1 aliphatic carbocycles. The fraction of sp³-hybridized carbons (Fsp3) is 0.500. The van der Waals surface area contributed by atoms with Crippen LogP contribution in [-0.2, 0) is 17.4 Å². The molecule has 12 heteroatoms. The molecule has 2 aliphatic rings. The highest BCUT2D eigenvalue weighted by Gasteiger charge is 2.36. The molecule has 8 nitrogen and oxygen atoms in total. The zero-order valence-electron chi connectivity index (χ0n) is 18.5. The Balaban J connectivity index is 1.54. The molecule has 1 saturated heterocycles. The number of anilines is 2. The van der Waals surface area contributed by atoms with Gasteiger partial charge in [-0.3, -0.25) is 0 Å². The van der Waals surface area contributed by atoms with E-state index in [1.165, 1.54) is 10.7 Å². The standard InChI is InChI=1S/C22H25F3N6O2S/c1-34(33)17-10-14(11-17)27-21-28-19(30-7-5-16(32)6-8-30)18-12-26-31(20(18)29-21)15-4-2-3-13(9-15)22(23,24)25/h2-4,9,12,14,16-17,32H,5-8,10-11H2,1H3,(H,27,28,29)/t14-,17-,34?. The summed E-state index contributed by atoms with van der Waals surface area (Å²) in [6.45, 7) is 1.20. The van der Waals surface area contributed by atoms with Crippen LogP contribution in [0.2, 0.25) is 0 Å². The van der Waals surface area contributed by atoms with Gasteiger partial charge in [-0.25, -0.2) is 4.68 Å². The molecule has 2 N–H and O–H groups in total. The van der Waals surface area contributed by atoms with Crippen LogP contribution in [0, 0.1) is 0 Å². The average Bonchev–Trinajstić information content (AvgIpc) is 3.19. The van der Waals surface area contributed by atoms with E-state index in [9.17, 15) is 22.8 Å². The number of aliphatic hydroxyl groups excluding tert-OH is 1. The first-order chi connectivity index (χ1) is 16.2. The minimum Gasteiger partial charge on any atom is -0.616 e. The summed E-state index contributed by atoms with van der Waals surface area (Å²) >= 11 is -0.887. The topological polar surface area (TPSA) is 102 Å². The summed E-state index contributed by atoms with van der Waals surface area (Å²) in [6, 6.07) is 5.05. The molecule has 34 heavy (non-hydrogen) atoms. The van der Waals surface area contributed by atoms with E-state index in [4.69, 9.17) is 4.98 Å². The summed E-state index contributed by atoms with van der Waals surface area (Å²) in [5.41, 5.74) is -0.119. The first kappa shape index (κ1) is 23.2. The van der Waals surface area contributed by atoms with Gasteiger partial charge in [0.25, 0.3) is 0 Å². The smallest absolute Gasteiger partial charge is 0.416 e. The van der Waals surface area contributed by atoms with Crippen molar-refractivity contribution >= 4 is 34.0 Å². The molecule has 5 rings (SSSR count). The monoisotopic (exact) mass is 494 g/mol. The molecule has 3 aromatic rings. The second-order valence-corrected chi connectivity index (χ2v) is 10.5. The minimum absolute atomic E-state index is 0.0762. The average molecular weight is 495 g/mol. The van der Waals surface area contributed by atoms with Gasteiger partial charge in [0.1, 0.15) is 11.1 Å². The molecule has 0 bridgehead atoms. The molecule has 0 amide bonds. The van der Waals surface area contributed by atoms with E-state index in [0.717, 1.165) is 25.0 Å². The van der Waals surface area contributed by atoms with Crippen molar-refractivity contribution in [2.75, 3.05) is 29.6 Å². The summed E-state index contributed by atoms with van der Waals surface area (Å²) in [5.74, 6) is 0.986. The molecule has 1 aromatic carbocycles. The van der Waals surface area contributed by atoms with Crippen LogP contribution in [0.1, 0.15) is 31.2 Å². The van der Waals surface area contributed by atoms with E-state index in [1.54, 1.807) is 18.5 Å². The van der Waals surface area contributed by atoms with Gasteiger partial charge >= 0.3 is 6.18 Å². The molecule has 1 aliphatic heterocycles. The van der Waals surface area contributed by atoms with Crippen LogP contribution in [0.5, 0.6) is 0 Å². The third-order valence-corrected chi connectivity index (χ3v) is 7.81. The van der Waals surface area contributed by atoms with E-state index < -0.39 is 22.9 Å². The van der Waals surface area contributed by atoms with Crippen LogP contribution in [-0.4, -0.2) is 66.1 Å². The van der Waals surface area contributed by atoms with Crippen LogP contribution in [0.15, 0.2) is 30.5 Å². The first-order valence-electron chi connectivity index (χ1n) is 11.1. The highest BCUT2D eigenvalue weighted by atomic mass is 32.2.